The predicted octanol–water partition coefficient (Wildman–Crippen LogP) is 2.60. The summed E-state index contributed by atoms with van der Waals surface area (Å²) in [5.74, 6) is 1.37. The molecule has 2 nitrogen and oxygen atoms in total. The minimum absolute atomic E-state index is 0.473. The third-order valence-electron chi connectivity index (χ3n) is 2.10. The first-order chi connectivity index (χ1) is 5.79. The van der Waals surface area contributed by atoms with Crippen molar-refractivity contribution in [2.45, 2.75) is 26.2 Å². The quantitative estimate of drug-likeness (QED) is 0.686. The first-order valence-electron chi connectivity index (χ1n) is 4.28. The van der Waals surface area contributed by atoms with Gasteiger partial charge in [-0.1, -0.05) is 13.8 Å². The Kier molecular flexibility index (Phi) is 3.09. The van der Waals surface area contributed by atoms with Crippen LogP contribution in [0.15, 0.2) is 18.3 Å². The van der Waals surface area contributed by atoms with E-state index in [1.165, 1.54) is 0 Å². The molecule has 0 aliphatic rings. The van der Waals surface area contributed by atoms with Crippen molar-refractivity contribution in [3.8, 4) is 5.75 Å². The zero-order valence-corrected chi connectivity index (χ0v) is 7.87. The van der Waals surface area contributed by atoms with Gasteiger partial charge in [-0.05, 0) is 18.6 Å². The highest BCUT2D eigenvalue weighted by molar-refractivity contribution is 5.29. The van der Waals surface area contributed by atoms with Gasteiger partial charge >= 0.3 is 0 Å². The molecule has 0 aromatic carbocycles. The second-order valence-corrected chi connectivity index (χ2v) is 2.90. The Balaban J connectivity index is 2.96. The predicted molar refractivity (Wildman–Crippen MR) is 49.5 cm³/mol. The summed E-state index contributed by atoms with van der Waals surface area (Å²) >= 11 is 0. The topological polar surface area (TPSA) is 22.1 Å². The van der Waals surface area contributed by atoms with Gasteiger partial charge in [-0.2, -0.15) is 0 Å². The molecule has 0 saturated heterocycles. The summed E-state index contributed by atoms with van der Waals surface area (Å²) in [5.41, 5.74) is 1.06. The maximum atomic E-state index is 5.21. The highest BCUT2D eigenvalue weighted by atomic mass is 16.5. The molecule has 0 aliphatic heterocycles. The van der Waals surface area contributed by atoms with Gasteiger partial charge in [0.25, 0.3) is 0 Å². The highest BCUT2D eigenvalue weighted by Crippen LogP contribution is 2.25. The Morgan fingerprint density at radius 1 is 1.58 bits per heavy atom. The maximum absolute atomic E-state index is 5.21. The highest BCUT2D eigenvalue weighted by Gasteiger charge is 2.09. The van der Waals surface area contributed by atoms with Gasteiger partial charge in [0.1, 0.15) is 5.75 Å². The number of rotatable bonds is 3. The Morgan fingerprint density at radius 3 is 2.92 bits per heavy atom. The minimum atomic E-state index is 0.473. The minimum Gasteiger partial charge on any atom is -0.495 e. The van der Waals surface area contributed by atoms with Crippen molar-refractivity contribution in [1.29, 1.82) is 0 Å². The Bertz CT molecular complexity index is 247. The van der Waals surface area contributed by atoms with Crippen LogP contribution in [-0.4, -0.2) is 12.1 Å². The molecule has 0 radical (unpaired) electrons. The van der Waals surface area contributed by atoms with Crippen LogP contribution in [0.5, 0.6) is 5.75 Å². The second-order valence-electron chi connectivity index (χ2n) is 2.90. The number of ether oxygens (including phenoxy) is 1. The lowest BCUT2D eigenvalue weighted by Gasteiger charge is -2.11. The number of aromatic nitrogens is 1. The van der Waals surface area contributed by atoms with E-state index in [-0.39, 0.29) is 0 Å². The van der Waals surface area contributed by atoms with E-state index in [2.05, 4.69) is 18.8 Å². The van der Waals surface area contributed by atoms with Crippen LogP contribution in [0.1, 0.15) is 31.9 Å². The van der Waals surface area contributed by atoms with E-state index in [4.69, 9.17) is 4.74 Å². The lowest BCUT2D eigenvalue weighted by Crippen LogP contribution is -1.98. The number of pyridine rings is 1. The van der Waals surface area contributed by atoms with Gasteiger partial charge in [0, 0.05) is 12.1 Å². The van der Waals surface area contributed by atoms with Crippen LogP contribution in [0.25, 0.3) is 0 Å². The molecule has 0 aliphatic carbocycles. The van der Waals surface area contributed by atoms with E-state index in [1.54, 1.807) is 7.11 Å². The monoisotopic (exact) mass is 165 g/mol. The summed E-state index contributed by atoms with van der Waals surface area (Å²) in [7, 11) is 1.68. The van der Waals surface area contributed by atoms with E-state index in [0.717, 1.165) is 17.9 Å². The first kappa shape index (κ1) is 9.04. The van der Waals surface area contributed by atoms with Gasteiger partial charge in [-0.25, -0.2) is 0 Å². The molecule has 2 heteroatoms. The molecule has 0 fully saturated rings. The average Bonchev–Trinajstić information content (AvgIpc) is 2.16. The van der Waals surface area contributed by atoms with Gasteiger partial charge in [0.2, 0.25) is 0 Å². The van der Waals surface area contributed by atoms with Gasteiger partial charge in [-0.15, -0.1) is 0 Å². The lowest BCUT2D eigenvalue weighted by molar-refractivity contribution is 0.402. The fraction of sp³-hybridized carbons (Fsp3) is 0.500. The van der Waals surface area contributed by atoms with Crippen LogP contribution in [-0.2, 0) is 0 Å². The summed E-state index contributed by atoms with van der Waals surface area (Å²) in [6.45, 7) is 4.31. The normalized spacial score (nSPS) is 12.6. The maximum Gasteiger partial charge on any atom is 0.140 e. The molecule has 1 rings (SSSR count). The van der Waals surface area contributed by atoms with Crippen LogP contribution >= 0.6 is 0 Å². The van der Waals surface area contributed by atoms with Crippen LogP contribution in [0.2, 0.25) is 0 Å². The van der Waals surface area contributed by atoms with E-state index in [9.17, 15) is 0 Å². The summed E-state index contributed by atoms with van der Waals surface area (Å²) in [5, 5.41) is 0. The van der Waals surface area contributed by atoms with Crippen LogP contribution in [0.3, 0.4) is 0 Å². The van der Waals surface area contributed by atoms with Crippen molar-refractivity contribution >= 4 is 0 Å². The van der Waals surface area contributed by atoms with Gasteiger partial charge < -0.3 is 4.74 Å². The standard InChI is InChI=1S/C10H15NO/c1-4-8(2)10-9(12-3)6-5-7-11-10/h5-8H,4H2,1-3H3. The third-order valence-corrected chi connectivity index (χ3v) is 2.10. The molecule has 0 spiro atoms. The van der Waals surface area contributed by atoms with Gasteiger partial charge in [0.05, 0.1) is 12.8 Å². The summed E-state index contributed by atoms with van der Waals surface area (Å²) in [4.78, 5) is 4.30. The zero-order chi connectivity index (χ0) is 8.97. The van der Waals surface area contributed by atoms with Gasteiger partial charge in [-0.3, -0.25) is 4.98 Å². The Hall–Kier alpha value is -1.05. The SMILES string of the molecule is CCC(C)c1ncccc1OC. The molecular formula is C10H15NO. The third kappa shape index (κ3) is 1.76. The molecule has 1 unspecified atom stereocenters. The molecule has 66 valence electrons. The van der Waals surface area contributed by atoms with E-state index >= 15 is 0 Å². The number of hydrogen-bond donors (Lipinski definition) is 0. The zero-order valence-electron chi connectivity index (χ0n) is 7.87. The van der Waals surface area contributed by atoms with E-state index < -0.39 is 0 Å². The van der Waals surface area contributed by atoms with Crippen molar-refractivity contribution in [3.63, 3.8) is 0 Å². The number of methoxy groups -OCH3 is 1. The smallest absolute Gasteiger partial charge is 0.140 e. The lowest BCUT2D eigenvalue weighted by atomic mass is 10.0. The van der Waals surface area contributed by atoms with Crippen molar-refractivity contribution in [1.82, 2.24) is 4.98 Å². The van der Waals surface area contributed by atoms with Crippen molar-refractivity contribution in [3.05, 3.63) is 24.0 Å². The molecule has 0 N–H and O–H groups in total. The van der Waals surface area contributed by atoms with Crippen LogP contribution in [0, 0.1) is 0 Å². The Labute approximate surface area is 73.6 Å². The molecule has 1 aromatic rings. The molecule has 0 saturated carbocycles. The molecule has 0 amide bonds. The van der Waals surface area contributed by atoms with Crippen molar-refractivity contribution in [2.75, 3.05) is 7.11 Å². The molecule has 1 aromatic heterocycles. The molecule has 0 bridgehead atoms. The fourth-order valence-corrected chi connectivity index (χ4v) is 1.14. The van der Waals surface area contributed by atoms with E-state index in [0.29, 0.717) is 5.92 Å². The Morgan fingerprint density at radius 2 is 2.33 bits per heavy atom. The van der Waals surface area contributed by atoms with Crippen molar-refractivity contribution in [2.24, 2.45) is 0 Å². The summed E-state index contributed by atoms with van der Waals surface area (Å²) < 4.78 is 5.21. The van der Waals surface area contributed by atoms with Crippen molar-refractivity contribution < 1.29 is 4.74 Å². The summed E-state index contributed by atoms with van der Waals surface area (Å²) in [6, 6.07) is 3.85. The largest absolute Gasteiger partial charge is 0.495 e. The second kappa shape index (κ2) is 4.10. The first-order valence-corrected chi connectivity index (χ1v) is 4.28. The molecule has 1 heterocycles. The summed E-state index contributed by atoms with van der Waals surface area (Å²) in [6.07, 6.45) is 2.90. The molecule has 12 heavy (non-hydrogen) atoms. The fourth-order valence-electron chi connectivity index (χ4n) is 1.14. The van der Waals surface area contributed by atoms with E-state index in [1.807, 2.05) is 18.3 Å². The van der Waals surface area contributed by atoms with Crippen LogP contribution in [0.4, 0.5) is 0 Å². The van der Waals surface area contributed by atoms with Crippen LogP contribution < -0.4 is 4.74 Å². The number of nitrogens with zero attached hydrogens (tertiary/aromatic N) is 1. The number of hydrogen-bond acceptors (Lipinski definition) is 2. The molecular weight excluding hydrogens is 150 g/mol. The average molecular weight is 165 g/mol. The molecule has 1 atom stereocenters. The van der Waals surface area contributed by atoms with Gasteiger partial charge in [0.15, 0.2) is 0 Å².